The molecule has 0 amide bonds. The zero-order valence-corrected chi connectivity index (χ0v) is 11.1. The summed E-state index contributed by atoms with van der Waals surface area (Å²) in [6.45, 7) is 6.18. The molecule has 0 bridgehead atoms. The van der Waals surface area contributed by atoms with Gasteiger partial charge in [0.05, 0.1) is 6.61 Å². The summed E-state index contributed by atoms with van der Waals surface area (Å²) < 4.78 is 10.2. The molecule has 0 radical (unpaired) electrons. The van der Waals surface area contributed by atoms with E-state index >= 15 is 0 Å². The van der Waals surface area contributed by atoms with Gasteiger partial charge in [-0.05, 0) is 30.6 Å². The van der Waals surface area contributed by atoms with Crippen molar-refractivity contribution in [1.29, 1.82) is 0 Å². The van der Waals surface area contributed by atoms with Gasteiger partial charge in [0.1, 0.15) is 0 Å². The number of nitrogens with one attached hydrogen (secondary N) is 1. The van der Waals surface area contributed by atoms with Crippen LogP contribution < -0.4 is 5.32 Å². The summed E-state index contributed by atoms with van der Waals surface area (Å²) in [5.41, 5.74) is 0.534. The van der Waals surface area contributed by atoms with E-state index in [1.807, 2.05) is 0 Å². The predicted molar refractivity (Wildman–Crippen MR) is 66.7 cm³/mol. The van der Waals surface area contributed by atoms with Crippen LogP contribution in [0.15, 0.2) is 0 Å². The lowest BCUT2D eigenvalue weighted by Gasteiger charge is -2.47. The highest BCUT2D eigenvalue weighted by atomic mass is 16.5. The molecule has 0 saturated heterocycles. The third kappa shape index (κ3) is 3.72. The molecule has 1 unspecified atom stereocenters. The molecule has 0 aromatic rings. The quantitative estimate of drug-likeness (QED) is 0.614. The van der Waals surface area contributed by atoms with Crippen molar-refractivity contribution in [2.45, 2.75) is 32.6 Å². The average Bonchev–Trinajstić information content (AvgIpc) is 2.24. The topological polar surface area (TPSA) is 30.5 Å². The first-order valence-electron chi connectivity index (χ1n) is 6.44. The minimum absolute atomic E-state index is 0.534. The molecule has 0 aromatic carbocycles. The normalized spacial score (nSPS) is 20.4. The van der Waals surface area contributed by atoms with Crippen LogP contribution in [0.3, 0.4) is 0 Å². The maximum atomic E-state index is 5.18. The van der Waals surface area contributed by atoms with Crippen LogP contribution in [0.1, 0.15) is 32.6 Å². The molecule has 3 heteroatoms. The van der Waals surface area contributed by atoms with Gasteiger partial charge in [0.25, 0.3) is 0 Å². The van der Waals surface area contributed by atoms with Crippen LogP contribution in [0.2, 0.25) is 0 Å². The highest BCUT2D eigenvalue weighted by Gasteiger charge is 2.40. The lowest BCUT2D eigenvalue weighted by molar-refractivity contribution is 0.0357. The molecule has 96 valence electrons. The van der Waals surface area contributed by atoms with E-state index in [1.54, 1.807) is 14.2 Å². The van der Waals surface area contributed by atoms with Crippen LogP contribution in [0.4, 0.5) is 0 Å². The van der Waals surface area contributed by atoms with Crippen molar-refractivity contribution in [3.05, 3.63) is 0 Å². The molecule has 3 nitrogen and oxygen atoms in total. The molecule has 16 heavy (non-hydrogen) atoms. The second kappa shape index (κ2) is 7.25. The Hall–Kier alpha value is -0.120. The fraction of sp³-hybridized carbons (Fsp3) is 1.00. The fourth-order valence-corrected chi connectivity index (χ4v) is 2.59. The van der Waals surface area contributed by atoms with Gasteiger partial charge in [0.15, 0.2) is 0 Å². The molecule has 1 N–H and O–H groups in total. The van der Waals surface area contributed by atoms with Gasteiger partial charge in [-0.3, -0.25) is 0 Å². The number of methoxy groups -OCH3 is 2. The third-order valence-electron chi connectivity index (χ3n) is 4.11. The first-order valence-corrected chi connectivity index (χ1v) is 6.44. The number of ether oxygens (including phenoxy) is 2. The van der Waals surface area contributed by atoms with Crippen LogP contribution in [-0.4, -0.2) is 40.5 Å². The van der Waals surface area contributed by atoms with Crippen LogP contribution in [0.5, 0.6) is 0 Å². The lowest BCUT2D eigenvalue weighted by atomic mass is 9.60. The summed E-state index contributed by atoms with van der Waals surface area (Å²) in [7, 11) is 3.54. The van der Waals surface area contributed by atoms with Crippen molar-refractivity contribution >= 4 is 0 Å². The van der Waals surface area contributed by atoms with Crippen LogP contribution >= 0.6 is 0 Å². The molecule has 1 aliphatic rings. The molecular weight excluding hydrogens is 202 g/mol. The summed E-state index contributed by atoms with van der Waals surface area (Å²) in [5, 5.41) is 3.52. The van der Waals surface area contributed by atoms with Gasteiger partial charge in [0, 0.05) is 33.9 Å². The van der Waals surface area contributed by atoms with Gasteiger partial charge in [-0.1, -0.05) is 13.3 Å². The maximum absolute atomic E-state index is 5.18. The zero-order valence-electron chi connectivity index (χ0n) is 11.1. The summed E-state index contributed by atoms with van der Waals surface area (Å²) in [6.07, 6.45) is 5.32. The average molecular weight is 229 g/mol. The molecule has 0 aliphatic heterocycles. The summed E-state index contributed by atoms with van der Waals surface area (Å²) >= 11 is 0. The standard InChI is InChI=1S/C13H27NO2/c1-12(5-9-15-2)13(6-4-7-13)11-14-8-10-16-3/h12,14H,4-11H2,1-3H3. The molecule has 1 rings (SSSR count). The fourth-order valence-electron chi connectivity index (χ4n) is 2.59. The smallest absolute Gasteiger partial charge is 0.0587 e. The number of hydrogen-bond acceptors (Lipinski definition) is 3. The van der Waals surface area contributed by atoms with Gasteiger partial charge in [-0.2, -0.15) is 0 Å². The van der Waals surface area contributed by atoms with Crippen molar-refractivity contribution in [3.8, 4) is 0 Å². The van der Waals surface area contributed by atoms with Crippen molar-refractivity contribution in [1.82, 2.24) is 5.32 Å². The molecule has 0 spiro atoms. The third-order valence-corrected chi connectivity index (χ3v) is 4.11. The van der Waals surface area contributed by atoms with E-state index in [1.165, 1.54) is 25.7 Å². The number of rotatable bonds is 9. The first kappa shape index (κ1) is 13.9. The molecule has 1 atom stereocenters. The van der Waals surface area contributed by atoms with Crippen molar-refractivity contribution in [3.63, 3.8) is 0 Å². The Balaban J connectivity index is 2.25. The Labute approximate surface area is 99.9 Å². The SMILES string of the molecule is COCCNCC1(C(C)CCOC)CCC1. The Morgan fingerprint density at radius 1 is 1.19 bits per heavy atom. The lowest BCUT2D eigenvalue weighted by Crippen LogP contribution is -2.45. The van der Waals surface area contributed by atoms with Gasteiger partial charge >= 0.3 is 0 Å². The van der Waals surface area contributed by atoms with E-state index in [-0.39, 0.29) is 0 Å². The van der Waals surface area contributed by atoms with Crippen molar-refractivity contribution < 1.29 is 9.47 Å². The molecule has 1 saturated carbocycles. The minimum Gasteiger partial charge on any atom is -0.385 e. The van der Waals surface area contributed by atoms with Gasteiger partial charge < -0.3 is 14.8 Å². The Morgan fingerprint density at radius 2 is 1.88 bits per heavy atom. The molecule has 1 aliphatic carbocycles. The predicted octanol–water partition coefficient (Wildman–Crippen LogP) is 2.07. The summed E-state index contributed by atoms with van der Waals surface area (Å²) in [5.74, 6) is 0.760. The second-order valence-corrected chi connectivity index (χ2v) is 5.07. The van der Waals surface area contributed by atoms with Gasteiger partial charge in [-0.25, -0.2) is 0 Å². The first-order chi connectivity index (χ1) is 7.75. The van der Waals surface area contributed by atoms with E-state index in [0.29, 0.717) is 5.41 Å². The van der Waals surface area contributed by atoms with Crippen LogP contribution in [0.25, 0.3) is 0 Å². The number of hydrogen-bond donors (Lipinski definition) is 1. The van der Waals surface area contributed by atoms with E-state index in [4.69, 9.17) is 9.47 Å². The monoisotopic (exact) mass is 229 g/mol. The summed E-state index contributed by atoms with van der Waals surface area (Å²) in [4.78, 5) is 0. The molecule has 0 heterocycles. The Bertz CT molecular complexity index is 181. The van der Waals surface area contributed by atoms with Crippen LogP contribution in [0, 0.1) is 11.3 Å². The van der Waals surface area contributed by atoms with E-state index < -0.39 is 0 Å². The van der Waals surface area contributed by atoms with E-state index in [9.17, 15) is 0 Å². The zero-order chi connectivity index (χ0) is 11.9. The second-order valence-electron chi connectivity index (χ2n) is 5.07. The molecule has 1 fully saturated rings. The maximum Gasteiger partial charge on any atom is 0.0587 e. The van der Waals surface area contributed by atoms with Crippen molar-refractivity contribution in [2.24, 2.45) is 11.3 Å². The van der Waals surface area contributed by atoms with E-state index in [2.05, 4.69) is 12.2 Å². The largest absolute Gasteiger partial charge is 0.385 e. The van der Waals surface area contributed by atoms with Crippen molar-refractivity contribution in [2.75, 3.05) is 40.5 Å². The van der Waals surface area contributed by atoms with Crippen LogP contribution in [-0.2, 0) is 9.47 Å². The minimum atomic E-state index is 0.534. The van der Waals surface area contributed by atoms with E-state index in [0.717, 1.165) is 32.2 Å². The molecule has 0 aromatic heterocycles. The van der Waals surface area contributed by atoms with Gasteiger partial charge in [0.2, 0.25) is 0 Å². The highest BCUT2D eigenvalue weighted by molar-refractivity contribution is 4.93. The Kier molecular flexibility index (Phi) is 6.32. The molecular formula is C13H27NO2. The Morgan fingerprint density at radius 3 is 2.38 bits per heavy atom. The van der Waals surface area contributed by atoms with Gasteiger partial charge in [-0.15, -0.1) is 0 Å². The summed E-state index contributed by atoms with van der Waals surface area (Å²) in [6, 6.07) is 0. The highest BCUT2D eigenvalue weighted by Crippen LogP contribution is 2.47.